The average Bonchev–Trinajstić information content (AvgIpc) is 3.58. The third kappa shape index (κ3) is 15.6. The summed E-state index contributed by atoms with van der Waals surface area (Å²) in [5, 5.41) is 38.6. The van der Waals surface area contributed by atoms with Gasteiger partial charge in [0.15, 0.2) is 5.96 Å². The lowest BCUT2D eigenvalue weighted by molar-refractivity contribution is -0.142. The van der Waals surface area contributed by atoms with E-state index in [-0.39, 0.29) is 50.4 Å². The summed E-state index contributed by atoms with van der Waals surface area (Å²) in [4.78, 5) is 87.4. The molecule has 0 radical (unpaired) electrons. The Morgan fingerprint density at radius 2 is 1.35 bits per heavy atom. The van der Waals surface area contributed by atoms with Crippen LogP contribution in [0.25, 0.3) is 0 Å². The summed E-state index contributed by atoms with van der Waals surface area (Å²) in [7, 11) is 0. The number of aromatic nitrogens is 2. The van der Waals surface area contributed by atoms with Gasteiger partial charge in [0.05, 0.1) is 18.8 Å². The average molecular weight is 718 g/mol. The maximum Gasteiger partial charge on any atom is 0.326 e. The molecule has 1 aromatic heterocycles. The van der Waals surface area contributed by atoms with Crippen molar-refractivity contribution < 1.29 is 44.1 Å². The van der Waals surface area contributed by atoms with E-state index in [1.165, 1.54) is 36.8 Å². The van der Waals surface area contributed by atoms with Gasteiger partial charge in [0.1, 0.15) is 29.9 Å². The minimum atomic E-state index is -1.49. The molecule has 0 aliphatic carbocycles. The van der Waals surface area contributed by atoms with Crippen LogP contribution in [0, 0.1) is 0 Å². The van der Waals surface area contributed by atoms with Crippen LogP contribution in [-0.2, 0) is 41.6 Å². The quantitative estimate of drug-likeness (QED) is 0.0308. The molecule has 20 nitrogen and oxygen atoms in total. The number of nitrogens with one attached hydrogen (secondary N) is 5. The van der Waals surface area contributed by atoms with E-state index in [9.17, 15) is 39.0 Å². The summed E-state index contributed by atoms with van der Waals surface area (Å²) < 4.78 is 0. The van der Waals surface area contributed by atoms with Crippen LogP contribution in [0.1, 0.15) is 49.8 Å². The lowest BCUT2D eigenvalue weighted by Gasteiger charge is -2.26. The second-order valence-corrected chi connectivity index (χ2v) is 11.7. The molecule has 0 saturated carbocycles. The van der Waals surface area contributed by atoms with Crippen molar-refractivity contribution >= 4 is 41.5 Å². The first-order valence-electron chi connectivity index (χ1n) is 16.1. The molecular formula is C31H47N11O9. The van der Waals surface area contributed by atoms with Crippen molar-refractivity contribution in [3.63, 3.8) is 0 Å². The van der Waals surface area contributed by atoms with Gasteiger partial charge in [0, 0.05) is 31.3 Å². The van der Waals surface area contributed by atoms with Gasteiger partial charge in [-0.3, -0.25) is 29.0 Å². The number of imidazole rings is 1. The Labute approximate surface area is 293 Å². The number of nitrogens with two attached hydrogens (primary N) is 4. The number of H-pyrrole nitrogens is 1. The summed E-state index contributed by atoms with van der Waals surface area (Å²) in [5.74, 6) is -6.32. The maximum atomic E-state index is 13.9. The van der Waals surface area contributed by atoms with Crippen molar-refractivity contribution in [2.45, 2.75) is 81.6 Å². The van der Waals surface area contributed by atoms with E-state index in [4.69, 9.17) is 28.0 Å². The second-order valence-electron chi connectivity index (χ2n) is 11.7. The number of carboxylic acid groups (broad SMARTS) is 2. The Bertz CT molecular complexity index is 1480. The van der Waals surface area contributed by atoms with Crippen LogP contribution in [0.5, 0.6) is 5.75 Å². The molecule has 0 aliphatic heterocycles. The maximum absolute atomic E-state index is 13.9. The molecule has 2 aromatic rings. The standard InChI is InChI=1S/C31H47N11O9/c32-10-2-1-4-22(30(50)51)40-29(49)24(13-18-15-36-16-38-18)42-28(48)23(12-17-6-8-19(43)9-7-17)41-27(47)21(5-3-11-37-31(34)35)39-26(46)20(33)14-25(44)45/h6-9,15-16,20-24,43H,1-5,10-14,32-33H2,(H,36,38)(H,39,46)(H,40,49)(H,41,47)(H,42,48)(H,44,45)(H,50,51)(H4,34,35,37)/t20-,21+,22+,23+,24-/m1/s1. The molecule has 2 rings (SSSR count). The predicted molar refractivity (Wildman–Crippen MR) is 183 cm³/mol. The molecule has 16 N–H and O–H groups in total. The normalized spacial score (nSPS) is 13.8. The first-order valence-corrected chi connectivity index (χ1v) is 16.1. The summed E-state index contributed by atoms with van der Waals surface area (Å²) in [6, 6.07) is -1.05. The Morgan fingerprint density at radius 3 is 1.90 bits per heavy atom. The number of nitrogens with zero attached hydrogens (tertiary/aromatic N) is 2. The third-order valence-corrected chi connectivity index (χ3v) is 7.49. The summed E-state index contributed by atoms with van der Waals surface area (Å²) in [6.07, 6.45) is 2.97. The molecule has 0 unspecified atom stereocenters. The van der Waals surface area contributed by atoms with Crippen LogP contribution >= 0.6 is 0 Å². The number of benzene rings is 1. The molecular weight excluding hydrogens is 670 g/mol. The van der Waals surface area contributed by atoms with Gasteiger partial charge in [-0.1, -0.05) is 12.1 Å². The summed E-state index contributed by atoms with van der Waals surface area (Å²) in [5.41, 5.74) is 22.9. The van der Waals surface area contributed by atoms with Crippen LogP contribution in [0.4, 0.5) is 0 Å². The molecule has 1 aromatic carbocycles. The highest BCUT2D eigenvalue weighted by Gasteiger charge is 2.32. The lowest BCUT2D eigenvalue weighted by atomic mass is 10.0. The molecule has 0 fully saturated rings. The van der Waals surface area contributed by atoms with E-state index >= 15 is 0 Å². The fourth-order valence-electron chi connectivity index (χ4n) is 4.80. The van der Waals surface area contributed by atoms with E-state index < -0.39 is 72.2 Å². The van der Waals surface area contributed by atoms with Crippen molar-refractivity contribution in [1.29, 1.82) is 0 Å². The number of carbonyl (C=O) groups is 6. The van der Waals surface area contributed by atoms with Crippen LogP contribution in [0.15, 0.2) is 41.8 Å². The van der Waals surface area contributed by atoms with Crippen LogP contribution in [0.3, 0.4) is 0 Å². The number of hydrogen-bond donors (Lipinski definition) is 12. The highest BCUT2D eigenvalue weighted by Crippen LogP contribution is 2.13. The summed E-state index contributed by atoms with van der Waals surface area (Å²) >= 11 is 0. The molecule has 280 valence electrons. The predicted octanol–water partition coefficient (Wildman–Crippen LogP) is -3.09. The number of amides is 4. The number of aliphatic imine (C=N–C) groups is 1. The molecule has 20 heteroatoms. The Morgan fingerprint density at radius 1 is 0.784 bits per heavy atom. The summed E-state index contributed by atoms with van der Waals surface area (Å²) in [6.45, 7) is 0.414. The number of aromatic hydroxyl groups is 1. The first kappa shape index (κ1) is 41.4. The molecule has 0 saturated heterocycles. The number of aromatic amines is 1. The fourth-order valence-corrected chi connectivity index (χ4v) is 4.80. The topological polar surface area (TPSA) is 356 Å². The second kappa shape index (κ2) is 21.4. The molecule has 1 heterocycles. The van der Waals surface area contributed by atoms with E-state index in [1.807, 2.05) is 0 Å². The molecule has 0 bridgehead atoms. The van der Waals surface area contributed by atoms with Crippen LogP contribution < -0.4 is 44.2 Å². The zero-order chi connectivity index (χ0) is 37.9. The smallest absolute Gasteiger partial charge is 0.326 e. The van der Waals surface area contributed by atoms with Gasteiger partial charge < -0.3 is 64.5 Å². The van der Waals surface area contributed by atoms with Gasteiger partial charge in [0.25, 0.3) is 0 Å². The number of guanidine groups is 1. The number of aliphatic carboxylic acids is 2. The number of phenols is 1. The Balaban J connectivity index is 2.39. The van der Waals surface area contributed by atoms with Crippen molar-refractivity contribution in [2.75, 3.05) is 13.1 Å². The fraction of sp³-hybridized carbons (Fsp3) is 0.484. The van der Waals surface area contributed by atoms with E-state index in [0.29, 0.717) is 30.6 Å². The molecule has 51 heavy (non-hydrogen) atoms. The number of phenolic OH excluding ortho intramolecular Hbond substituents is 1. The largest absolute Gasteiger partial charge is 0.508 e. The van der Waals surface area contributed by atoms with Crippen LogP contribution in [-0.4, -0.2) is 110 Å². The van der Waals surface area contributed by atoms with Crippen molar-refractivity contribution in [3.8, 4) is 5.75 Å². The highest BCUT2D eigenvalue weighted by atomic mass is 16.4. The third-order valence-electron chi connectivity index (χ3n) is 7.49. The minimum Gasteiger partial charge on any atom is -0.508 e. The SMILES string of the molecule is NCCCC[C@H](NC(=O)[C@@H](Cc1cnc[nH]1)NC(=O)[C@H](Cc1ccc(O)cc1)NC(=O)[C@H](CCCN=C(N)N)NC(=O)[C@H](N)CC(=O)O)C(=O)O. The number of unbranched alkanes of at least 4 members (excludes halogenated alkanes) is 1. The number of carbonyl (C=O) groups excluding carboxylic acids is 4. The van der Waals surface area contributed by atoms with Crippen molar-refractivity contribution in [1.82, 2.24) is 31.2 Å². The number of carboxylic acids is 2. The van der Waals surface area contributed by atoms with Gasteiger partial charge in [-0.25, -0.2) is 9.78 Å². The van der Waals surface area contributed by atoms with Gasteiger partial charge >= 0.3 is 11.9 Å². The van der Waals surface area contributed by atoms with E-state index in [2.05, 4.69) is 36.2 Å². The van der Waals surface area contributed by atoms with Crippen LogP contribution in [0.2, 0.25) is 0 Å². The molecule has 5 atom stereocenters. The zero-order valence-electron chi connectivity index (χ0n) is 27.9. The molecule has 4 amide bonds. The van der Waals surface area contributed by atoms with Crippen molar-refractivity contribution in [3.05, 3.63) is 48.0 Å². The van der Waals surface area contributed by atoms with Crippen molar-refractivity contribution in [2.24, 2.45) is 27.9 Å². The van der Waals surface area contributed by atoms with Gasteiger partial charge in [0.2, 0.25) is 23.6 Å². The minimum absolute atomic E-state index is 0.0483. The monoisotopic (exact) mass is 717 g/mol. The number of rotatable bonds is 23. The van der Waals surface area contributed by atoms with E-state index in [1.54, 1.807) is 0 Å². The van der Waals surface area contributed by atoms with Gasteiger partial charge in [-0.15, -0.1) is 0 Å². The van der Waals surface area contributed by atoms with Gasteiger partial charge in [-0.05, 0) is 56.3 Å². The molecule has 0 aliphatic rings. The van der Waals surface area contributed by atoms with E-state index in [0.717, 1.165) is 0 Å². The Hall–Kier alpha value is -5.76. The first-order chi connectivity index (χ1) is 24.2. The highest BCUT2D eigenvalue weighted by molar-refractivity contribution is 5.96. The zero-order valence-corrected chi connectivity index (χ0v) is 27.9. The number of hydrogen-bond acceptors (Lipinski definition) is 11. The molecule has 0 spiro atoms. The van der Waals surface area contributed by atoms with Gasteiger partial charge in [-0.2, -0.15) is 0 Å². The Kier molecular flexibility index (Phi) is 17.3. The lowest BCUT2D eigenvalue weighted by Crippen LogP contribution is -2.59.